The summed E-state index contributed by atoms with van der Waals surface area (Å²) in [5, 5.41) is 15.9. The number of amides is 3. The number of fused-ring (bicyclic) bond motifs is 1. The van der Waals surface area contributed by atoms with E-state index in [0.29, 0.717) is 29.6 Å². The van der Waals surface area contributed by atoms with Crippen LogP contribution in [0.3, 0.4) is 0 Å². The Morgan fingerprint density at radius 2 is 2.07 bits per heavy atom. The summed E-state index contributed by atoms with van der Waals surface area (Å²) in [4.78, 5) is 28.0. The van der Waals surface area contributed by atoms with E-state index in [1.165, 1.54) is 0 Å². The second kappa shape index (κ2) is 7.45. The van der Waals surface area contributed by atoms with Gasteiger partial charge >= 0.3 is 6.03 Å². The Morgan fingerprint density at radius 3 is 2.80 bits per heavy atom. The molecule has 1 saturated heterocycles. The highest BCUT2D eigenvalue weighted by Gasteiger charge is 2.25. The van der Waals surface area contributed by atoms with Crippen LogP contribution in [-0.2, 0) is 11.3 Å². The molecule has 5 rings (SSSR count). The predicted octanol–water partition coefficient (Wildman–Crippen LogP) is 2.86. The van der Waals surface area contributed by atoms with Gasteiger partial charge in [0.2, 0.25) is 0 Å². The normalized spacial score (nSPS) is 17.3. The van der Waals surface area contributed by atoms with Gasteiger partial charge in [-0.05, 0) is 30.5 Å². The fourth-order valence-corrected chi connectivity index (χ4v) is 3.60. The topological polar surface area (TPSA) is 112 Å². The second-order valence-corrected chi connectivity index (χ2v) is 8.05. The van der Waals surface area contributed by atoms with Gasteiger partial charge in [0.1, 0.15) is 17.3 Å². The van der Waals surface area contributed by atoms with Gasteiger partial charge in [0.25, 0.3) is 5.91 Å². The third kappa shape index (κ3) is 3.73. The molecule has 10 heteroatoms. The Morgan fingerprint density at radius 1 is 1.23 bits per heavy atom. The van der Waals surface area contributed by atoms with E-state index in [9.17, 15) is 9.59 Å². The van der Waals surface area contributed by atoms with E-state index >= 15 is 0 Å². The number of hydrogen-bond acceptors (Lipinski definition) is 6. The molecule has 9 nitrogen and oxygen atoms in total. The van der Waals surface area contributed by atoms with Crippen LogP contribution < -0.4 is 21.3 Å². The van der Waals surface area contributed by atoms with Gasteiger partial charge in [0.05, 0.1) is 6.20 Å². The maximum Gasteiger partial charge on any atom is 0.326 e. The summed E-state index contributed by atoms with van der Waals surface area (Å²) in [5.74, 6) is 1.03. The minimum Gasteiger partial charge on any atom is -0.367 e. The zero-order valence-corrected chi connectivity index (χ0v) is 17.4. The highest BCUT2D eigenvalue weighted by molar-refractivity contribution is 9.10. The Kier molecular flexibility index (Phi) is 4.62. The predicted molar refractivity (Wildman–Crippen MR) is 116 cm³/mol. The molecule has 1 aliphatic heterocycles. The minimum absolute atomic E-state index is 0.167. The Hall–Kier alpha value is -3.40. The quantitative estimate of drug-likeness (QED) is 0.327. The van der Waals surface area contributed by atoms with E-state index in [0.717, 1.165) is 28.7 Å². The Labute approximate surface area is 180 Å². The largest absolute Gasteiger partial charge is 0.367 e. The smallest absolute Gasteiger partial charge is 0.326 e. The van der Waals surface area contributed by atoms with Crippen LogP contribution in [0.15, 0.2) is 46.7 Å². The fourth-order valence-electron chi connectivity index (χ4n) is 3.18. The number of hydrogen-bond donors (Lipinski definition) is 4. The van der Waals surface area contributed by atoms with Gasteiger partial charge in [-0.3, -0.25) is 10.1 Å². The van der Waals surface area contributed by atoms with Gasteiger partial charge in [-0.1, -0.05) is 34.1 Å². The number of rotatable bonds is 6. The van der Waals surface area contributed by atoms with Crippen molar-refractivity contribution in [1.29, 1.82) is 0 Å². The van der Waals surface area contributed by atoms with Crippen LogP contribution in [0.5, 0.6) is 0 Å². The number of carbonyl (C=O) groups excluding carboxylic acids is 2. The lowest BCUT2D eigenvalue weighted by Gasteiger charge is -2.12. The summed E-state index contributed by atoms with van der Waals surface area (Å²) >= 11 is 3.56. The number of urea groups is 1. The highest BCUT2D eigenvalue weighted by Crippen LogP contribution is 2.28. The molecule has 1 saturated carbocycles. The van der Waals surface area contributed by atoms with Gasteiger partial charge in [-0.15, -0.1) is 0 Å². The van der Waals surface area contributed by atoms with Crippen LogP contribution in [-0.4, -0.2) is 32.6 Å². The average molecular weight is 468 g/mol. The van der Waals surface area contributed by atoms with Crippen molar-refractivity contribution in [2.24, 2.45) is 0 Å². The molecule has 0 unspecified atom stereocenters. The number of benzene rings is 1. The van der Waals surface area contributed by atoms with Crippen molar-refractivity contribution in [3.8, 4) is 0 Å². The summed E-state index contributed by atoms with van der Waals surface area (Å²) in [6.45, 7) is 0.594. The van der Waals surface area contributed by atoms with Crippen LogP contribution in [0.1, 0.15) is 24.0 Å². The van der Waals surface area contributed by atoms with Crippen LogP contribution in [0.4, 0.5) is 16.4 Å². The molecule has 2 aromatic heterocycles. The molecule has 3 amide bonds. The van der Waals surface area contributed by atoms with Gasteiger partial charge in [-0.25, -0.2) is 9.78 Å². The van der Waals surface area contributed by atoms with Gasteiger partial charge in [0.15, 0.2) is 5.65 Å². The number of aromatic nitrogens is 3. The first-order valence-electron chi connectivity index (χ1n) is 9.53. The molecule has 30 heavy (non-hydrogen) atoms. The molecule has 2 fully saturated rings. The average Bonchev–Trinajstić information content (AvgIpc) is 3.36. The van der Waals surface area contributed by atoms with Crippen LogP contribution in [0, 0.1) is 0 Å². The van der Waals surface area contributed by atoms with Crippen molar-refractivity contribution in [2.45, 2.75) is 25.4 Å². The maximum atomic E-state index is 11.9. The molecular weight excluding hydrogens is 450 g/mol. The van der Waals surface area contributed by atoms with E-state index in [-0.39, 0.29) is 5.70 Å². The number of nitrogens with zero attached hydrogens (tertiary/aromatic N) is 3. The number of anilines is 2. The molecule has 0 bridgehead atoms. The summed E-state index contributed by atoms with van der Waals surface area (Å²) in [6.07, 6.45) is 5.44. The summed E-state index contributed by atoms with van der Waals surface area (Å²) in [6, 6.07) is 9.81. The van der Waals surface area contributed by atoms with Crippen molar-refractivity contribution >= 4 is 51.2 Å². The third-order valence-corrected chi connectivity index (χ3v) is 5.64. The molecule has 2 aliphatic rings. The van der Waals surface area contributed by atoms with E-state index in [4.69, 9.17) is 4.98 Å². The molecule has 1 aliphatic carbocycles. The molecular formula is C20H18BrN7O2. The molecule has 0 spiro atoms. The van der Waals surface area contributed by atoms with Gasteiger partial charge in [0, 0.05) is 28.7 Å². The second-order valence-electron chi connectivity index (χ2n) is 7.19. The van der Waals surface area contributed by atoms with Crippen LogP contribution >= 0.6 is 15.9 Å². The number of carbonyl (C=O) groups is 2. The third-order valence-electron chi connectivity index (χ3n) is 4.87. The van der Waals surface area contributed by atoms with Crippen molar-refractivity contribution in [2.75, 3.05) is 10.6 Å². The zero-order chi connectivity index (χ0) is 20.7. The first-order chi connectivity index (χ1) is 14.6. The summed E-state index contributed by atoms with van der Waals surface area (Å²) < 4.78 is 2.73. The van der Waals surface area contributed by atoms with Crippen molar-refractivity contribution in [3.63, 3.8) is 0 Å². The van der Waals surface area contributed by atoms with Crippen LogP contribution in [0.25, 0.3) is 11.7 Å². The van der Waals surface area contributed by atoms with Gasteiger partial charge < -0.3 is 16.0 Å². The van der Waals surface area contributed by atoms with Crippen LogP contribution in [0.2, 0.25) is 0 Å². The van der Waals surface area contributed by atoms with Crippen molar-refractivity contribution in [3.05, 3.63) is 57.8 Å². The Bertz CT molecular complexity index is 1200. The van der Waals surface area contributed by atoms with E-state index in [2.05, 4.69) is 42.3 Å². The molecule has 0 atom stereocenters. The molecule has 0 radical (unpaired) electrons. The fraction of sp³-hybridized carbons (Fsp3) is 0.200. The first kappa shape index (κ1) is 18.6. The molecule has 3 heterocycles. The molecule has 152 valence electrons. The summed E-state index contributed by atoms with van der Waals surface area (Å²) in [7, 11) is 0. The monoisotopic (exact) mass is 467 g/mol. The number of nitrogens with one attached hydrogen (secondary N) is 4. The number of imide groups is 1. The molecule has 4 N–H and O–H groups in total. The van der Waals surface area contributed by atoms with Crippen molar-refractivity contribution < 1.29 is 9.59 Å². The minimum atomic E-state index is -0.539. The van der Waals surface area contributed by atoms with E-state index in [1.54, 1.807) is 16.8 Å². The lowest BCUT2D eigenvalue weighted by molar-refractivity contribution is -0.115. The van der Waals surface area contributed by atoms with E-state index < -0.39 is 11.9 Å². The van der Waals surface area contributed by atoms with Crippen molar-refractivity contribution in [1.82, 2.24) is 25.2 Å². The molecule has 1 aromatic carbocycles. The summed E-state index contributed by atoms with van der Waals surface area (Å²) in [5.41, 5.74) is 2.49. The first-order valence-corrected chi connectivity index (χ1v) is 10.3. The van der Waals surface area contributed by atoms with E-state index in [1.807, 2.05) is 30.3 Å². The highest BCUT2D eigenvalue weighted by atomic mass is 79.9. The lowest BCUT2D eigenvalue weighted by atomic mass is 10.2. The lowest BCUT2D eigenvalue weighted by Crippen LogP contribution is -2.22. The number of halogens is 1. The SMILES string of the molecule is O=C1NC(=O)/C(=C/c2cnn3c(NC4CC4)cc(NCc4ccccc4Br)nc23)N1. The maximum absolute atomic E-state index is 11.9. The van der Waals surface area contributed by atoms with Gasteiger partial charge in [-0.2, -0.15) is 9.61 Å². The standard InChI is InChI=1S/C20H18BrN7O2/c21-14-4-2-1-3-11(14)9-22-16-8-17(24-13-5-6-13)28-18(26-16)12(10-23-28)7-15-19(29)27-20(30)25-15/h1-4,7-8,10,13,24H,5-6,9H2,(H,22,26)(H2,25,27,29,30)/b15-7-. The Balaban J connectivity index is 1.51. The zero-order valence-electron chi connectivity index (χ0n) is 15.8. The molecule has 3 aromatic rings.